The zero-order chi connectivity index (χ0) is 44.2. The van der Waals surface area contributed by atoms with Crippen molar-refractivity contribution in [3.05, 3.63) is 106 Å². The molecule has 63 heavy (non-hydrogen) atoms. The van der Waals surface area contributed by atoms with Crippen LogP contribution in [0.2, 0.25) is 0 Å². The maximum absolute atomic E-state index is 15.1. The molecule has 9 rings (SSSR count). The lowest BCUT2D eigenvalue weighted by atomic mass is 10.0. The van der Waals surface area contributed by atoms with Crippen molar-refractivity contribution in [3.63, 3.8) is 0 Å². The van der Waals surface area contributed by atoms with Gasteiger partial charge >= 0.3 is 10.2 Å². The van der Waals surface area contributed by atoms with E-state index >= 15 is 4.39 Å². The summed E-state index contributed by atoms with van der Waals surface area (Å²) in [7, 11) is -4.26. The quantitative estimate of drug-likeness (QED) is 0.170. The van der Waals surface area contributed by atoms with Gasteiger partial charge in [0.05, 0.1) is 39.6 Å². The van der Waals surface area contributed by atoms with Crippen molar-refractivity contribution in [3.8, 4) is 23.3 Å². The van der Waals surface area contributed by atoms with Gasteiger partial charge in [-0.25, -0.2) is 18.7 Å². The topological polar surface area (TPSA) is 229 Å². The molecule has 2 aromatic heterocycles. The van der Waals surface area contributed by atoms with Crippen molar-refractivity contribution in [2.75, 3.05) is 41.1 Å². The van der Waals surface area contributed by atoms with Gasteiger partial charge in [-0.3, -0.25) is 43.5 Å². The number of aromatic nitrogens is 3. The zero-order valence-corrected chi connectivity index (χ0v) is 33.9. The molecule has 2 atom stereocenters. The van der Waals surface area contributed by atoms with Crippen LogP contribution in [0.3, 0.4) is 0 Å². The number of carbonyl (C=O) groups is 4. The number of piperidine rings is 2. The molecular weight excluding hydrogens is 843 g/mol. The molecule has 4 amide bonds. The Kier molecular flexibility index (Phi) is 10.6. The molecule has 6 heterocycles. The lowest BCUT2D eigenvalue weighted by molar-refractivity contribution is -0.136. The van der Waals surface area contributed by atoms with Gasteiger partial charge in [-0.1, -0.05) is 0 Å². The van der Waals surface area contributed by atoms with Gasteiger partial charge in [0.15, 0.2) is 11.6 Å². The highest BCUT2D eigenvalue weighted by Crippen LogP contribution is 2.35. The third kappa shape index (κ3) is 7.78. The molecule has 4 aliphatic rings. The Balaban J connectivity index is 0.850. The molecule has 5 aromatic rings. The van der Waals surface area contributed by atoms with E-state index in [0.717, 1.165) is 27.0 Å². The third-order valence-electron chi connectivity index (χ3n) is 11.5. The summed E-state index contributed by atoms with van der Waals surface area (Å²) in [5, 5.41) is 15.6. The summed E-state index contributed by atoms with van der Waals surface area (Å²) in [6.07, 6.45) is 3.10. The summed E-state index contributed by atoms with van der Waals surface area (Å²) in [6, 6.07) is 15.5. The number of carbonyl (C=O) groups excluding carboxylic acids is 4. The van der Waals surface area contributed by atoms with E-state index in [4.69, 9.17) is 4.74 Å². The van der Waals surface area contributed by atoms with Gasteiger partial charge in [0.2, 0.25) is 11.8 Å². The Morgan fingerprint density at radius 3 is 2.37 bits per heavy atom. The van der Waals surface area contributed by atoms with Gasteiger partial charge in [-0.2, -0.15) is 18.0 Å². The molecule has 4 aliphatic heterocycles. The van der Waals surface area contributed by atoms with Crippen molar-refractivity contribution < 1.29 is 41.1 Å². The zero-order valence-electron chi connectivity index (χ0n) is 33.1. The summed E-state index contributed by atoms with van der Waals surface area (Å²) < 4.78 is 64.8. The number of hydrogen-bond acceptors (Lipinski definition) is 13. The maximum Gasteiger partial charge on any atom is 0.301 e. The fraction of sp³-hybridized carbons (Fsp3) is 0.286. The molecule has 3 saturated heterocycles. The van der Waals surface area contributed by atoms with E-state index in [-0.39, 0.29) is 66.3 Å². The Labute approximate surface area is 357 Å². The molecule has 0 saturated carbocycles. The van der Waals surface area contributed by atoms with E-state index in [9.17, 15) is 42.0 Å². The van der Waals surface area contributed by atoms with E-state index in [1.165, 1.54) is 35.3 Å². The number of ether oxygens (including phenoxy) is 1. The summed E-state index contributed by atoms with van der Waals surface area (Å²) in [4.78, 5) is 76.2. The number of anilines is 3. The van der Waals surface area contributed by atoms with Crippen LogP contribution < -0.4 is 30.6 Å². The second-order valence-corrected chi connectivity index (χ2v) is 17.1. The molecule has 0 aliphatic carbocycles. The van der Waals surface area contributed by atoms with Crippen molar-refractivity contribution in [1.29, 1.82) is 5.26 Å². The first kappa shape index (κ1) is 41.1. The number of nitriles is 1. The van der Waals surface area contributed by atoms with Crippen LogP contribution in [0.1, 0.15) is 58.4 Å². The average Bonchev–Trinajstić information content (AvgIpc) is 3.83. The second kappa shape index (κ2) is 16.2. The highest BCUT2D eigenvalue weighted by Gasteiger charge is 2.45. The number of imide groups is 2. The van der Waals surface area contributed by atoms with Crippen LogP contribution in [0, 0.1) is 17.1 Å². The van der Waals surface area contributed by atoms with Gasteiger partial charge in [0.1, 0.15) is 41.7 Å². The molecular formula is C42H36F2N10O8S. The highest BCUT2D eigenvalue weighted by molar-refractivity contribution is 7.90. The van der Waals surface area contributed by atoms with Crippen LogP contribution in [0.15, 0.2) is 78.0 Å². The summed E-state index contributed by atoms with van der Waals surface area (Å²) >= 11 is 0. The lowest BCUT2D eigenvalue weighted by Gasteiger charge is -2.34. The largest absolute Gasteiger partial charge is 0.453 e. The third-order valence-corrected chi connectivity index (χ3v) is 13.0. The smallest absolute Gasteiger partial charge is 0.301 e. The Morgan fingerprint density at radius 1 is 0.873 bits per heavy atom. The summed E-state index contributed by atoms with van der Waals surface area (Å²) in [5.74, 6) is -3.24. The van der Waals surface area contributed by atoms with E-state index < -0.39 is 68.7 Å². The molecule has 18 nitrogen and oxygen atoms in total. The van der Waals surface area contributed by atoms with Gasteiger partial charge in [-0.05, 0) is 86.3 Å². The highest BCUT2D eigenvalue weighted by atomic mass is 32.2. The first-order valence-corrected chi connectivity index (χ1v) is 21.4. The van der Waals surface area contributed by atoms with Gasteiger partial charge < -0.3 is 15.0 Å². The molecule has 3 fully saturated rings. The second-order valence-electron chi connectivity index (χ2n) is 15.4. The van der Waals surface area contributed by atoms with Gasteiger partial charge in [0, 0.05) is 44.3 Å². The van der Waals surface area contributed by atoms with E-state index in [1.807, 2.05) is 0 Å². The van der Waals surface area contributed by atoms with Crippen LogP contribution in [0.25, 0.3) is 16.6 Å². The minimum absolute atomic E-state index is 0.0267. The van der Waals surface area contributed by atoms with Crippen molar-refractivity contribution in [2.45, 2.75) is 50.4 Å². The Hall–Kier alpha value is -7.31. The molecule has 1 unspecified atom stereocenters. The monoisotopic (exact) mass is 878 g/mol. The number of hydrogen-bond donors (Lipinski definition) is 3. The number of halogens is 2. The molecule has 0 radical (unpaired) electrons. The van der Waals surface area contributed by atoms with Crippen LogP contribution in [0.4, 0.5) is 26.0 Å². The lowest BCUT2D eigenvalue weighted by Crippen LogP contribution is -2.54. The van der Waals surface area contributed by atoms with Gasteiger partial charge in [0.25, 0.3) is 17.4 Å². The number of amides is 4. The number of fused-ring (bicyclic) bond motifs is 2. The predicted molar refractivity (Wildman–Crippen MR) is 222 cm³/mol. The fourth-order valence-electron chi connectivity index (χ4n) is 8.19. The average molecular weight is 879 g/mol. The number of pyridine rings is 1. The standard InChI is InChI=1S/C42H36F2N10O8S/c43-23-11-16-52(21-23)63(60,61)50-34-7-5-32(44)38(31(34)19-45)62-27-3-6-33-30(18-27)40(57)53(22-47-33)26-2-9-36(46-20-26)48-24-12-14-51(15-13-24)25-1-4-28-29(17-25)42(59)54(41(28)58)35-8-10-37(55)49-39(35)56/h1-7,9,17-18,20,22-24,35,50H,8,10-16,21H2,(H,46,48)(H,49,55,56)/t23-,35?/m1/s1. The normalized spacial score (nSPS) is 19.6. The Bertz CT molecular complexity index is 2950. The number of alkyl halides is 1. The number of benzene rings is 3. The number of rotatable bonds is 10. The van der Waals surface area contributed by atoms with Gasteiger partial charge in [-0.15, -0.1) is 0 Å². The summed E-state index contributed by atoms with van der Waals surface area (Å²) in [5.41, 5.74) is 0.671. The summed E-state index contributed by atoms with van der Waals surface area (Å²) in [6.45, 7) is 0.856. The van der Waals surface area contributed by atoms with E-state index in [0.29, 0.717) is 43.0 Å². The predicted octanol–water partition coefficient (Wildman–Crippen LogP) is 3.77. The minimum atomic E-state index is -4.26. The molecule has 3 aromatic carbocycles. The maximum atomic E-state index is 15.1. The minimum Gasteiger partial charge on any atom is -0.453 e. The number of nitrogens with zero attached hydrogens (tertiary/aromatic N) is 7. The SMILES string of the molecule is N#Cc1c(NS(=O)(=O)N2CC[C@@H](F)C2)ccc(F)c1Oc1ccc2ncn(-c3ccc(NC4CCN(c5ccc6c(c5)C(=O)N(C5CCC(=O)NC5=O)C6=O)CC4)nc3)c(=O)c2c1. The van der Waals surface area contributed by atoms with E-state index in [2.05, 4.69) is 30.2 Å². The molecule has 0 spiro atoms. The molecule has 0 bridgehead atoms. The first-order valence-electron chi connectivity index (χ1n) is 20.0. The van der Waals surface area contributed by atoms with Crippen molar-refractivity contribution in [2.24, 2.45) is 0 Å². The Morgan fingerprint density at radius 2 is 1.65 bits per heavy atom. The fourth-order valence-corrected chi connectivity index (χ4v) is 9.47. The van der Waals surface area contributed by atoms with Crippen LogP contribution in [-0.2, 0) is 19.8 Å². The molecule has 322 valence electrons. The van der Waals surface area contributed by atoms with Crippen LogP contribution in [0.5, 0.6) is 11.5 Å². The number of nitrogens with one attached hydrogen (secondary N) is 3. The van der Waals surface area contributed by atoms with E-state index in [1.54, 1.807) is 36.4 Å². The van der Waals surface area contributed by atoms with Crippen molar-refractivity contribution >= 4 is 61.9 Å². The van der Waals surface area contributed by atoms with Crippen molar-refractivity contribution in [1.82, 2.24) is 29.1 Å². The molecule has 21 heteroatoms. The molecule has 3 N–H and O–H groups in total. The van der Waals surface area contributed by atoms with Crippen LogP contribution >= 0.6 is 0 Å². The first-order chi connectivity index (χ1) is 30.3. The van der Waals surface area contributed by atoms with Crippen LogP contribution in [-0.4, -0.2) is 100 Å².